The summed E-state index contributed by atoms with van der Waals surface area (Å²) in [6, 6.07) is 6.93. The van der Waals surface area contributed by atoms with Crippen molar-refractivity contribution in [3.63, 3.8) is 0 Å². The summed E-state index contributed by atoms with van der Waals surface area (Å²) < 4.78 is 1.12. The molecule has 1 atom stereocenters. The number of hydrogen-bond donors (Lipinski definition) is 0. The number of hydrogen-bond acceptors (Lipinski definition) is 2. The molecule has 1 heterocycles. The Morgan fingerprint density at radius 2 is 2.18 bits per heavy atom. The molecule has 94 valence electrons. The van der Waals surface area contributed by atoms with Crippen LogP contribution in [-0.2, 0) is 5.88 Å². The summed E-state index contributed by atoms with van der Waals surface area (Å²) in [4.78, 5) is 4.84. The van der Waals surface area contributed by atoms with Gasteiger partial charge in [0.05, 0.1) is 0 Å². The minimum absolute atomic E-state index is 0.573. The van der Waals surface area contributed by atoms with Gasteiger partial charge in [-0.2, -0.15) is 0 Å². The van der Waals surface area contributed by atoms with E-state index in [9.17, 15) is 0 Å². The number of piperazine rings is 1. The normalized spacial score (nSPS) is 21.9. The molecule has 1 unspecified atom stereocenters. The summed E-state index contributed by atoms with van der Waals surface area (Å²) in [5.74, 6) is 0.573. The Balaban J connectivity index is 2.24. The van der Waals surface area contributed by atoms with E-state index in [4.69, 9.17) is 11.6 Å². The zero-order valence-electron chi connectivity index (χ0n) is 10.3. The van der Waals surface area contributed by atoms with Crippen molar-refractivity contribution in [2.75, 3.05) is 31.6 Å². The average Bonchev–Trinajstić information content (AvgIpc) is 2.32. The number of anilines is 1. The van der Waals surface area contributed by atoms with E-state index in [2.05, 4.69) is 57.9 Å². The molecule has 4 heteroatoms. The van der Waals surface area contributed by atoms with Crippen LogP contribution in [0.15, 0.2) is 22.7 Å². The van der Waals surface area contributed by atoms with Crippen molar-refractivity contribution in [3.8, 4) is 0 Å². The molecule has 2 nitrogen and oxygen atoms in total. The number of halogens is 2. The highest BCUT2D eigenvalue weighted by Gasteiger charge is 2.22. The minimum Gasteiger partial charge on any atom is -0.368 e. The fourth-order valence-electron chi connectivity index (χ4n) is 2.21. The smallest absolute Gasteiger partial charge is 0.0494 e. The maximum atomic E-state index is 6.02. The zero-order chi connectivity index (χ0) is 12.4. The molecular formula is C13H18BrClN2. The summed E-state index contributed by atoms with van der Waals surface area (Å²) in [7, 11) is 2.19. The summed E-state index contributed by atoms with van der Waals surface area (Å²) in [6.45, 7) is 5.51. The largest absolute Gasteiger partial charge is 0.368 e. The maximum absolute atomic E-state index is 6.02. The van der Waals surface area contributed by atoms with E-state index in [1.165, 1.54) is 11.3 Å². The van der Waals surface area contributed by atoms with E-state index in [0.717, 1.165) is 24.1 Å². The van der Waals surface area contributed by atoms with Crippen molar-refractivity contribution in [2.45, 2.75) is 18.8 Å². The lowest BCUT2D eigenvalue weighted by Crippen LogP contribution is -2.50. The molecule has 1 aliphatic heterocycles. The van der Waals surface area contributed by atoms with E-state index in [-0.39, 0.29) is 0 Å². The number of rotatable bonds is 2. The van der Waals surface area contributed by atoms with Gasteiger partial charge < -0.3 is 9.80 Å². The van der Waals surface area contributed by atoms with E-state index in [1.54, 1.807) is 0 Å². The highest BCUT2D eigenvalue weighted by atomic mass is 79.9. The highest BCUT2D eigenvalue weighted by Crippen LogP contribution is 2.28. The number of benzene rings is 1. The van der Waals surface area contributed by atoms with Gasteiger partial charge in [-0.3, -0.25) is 0 Å². The highest BCUT2D eigenvalue weighted by molar-refractivity contribution is 9.10. The van der Waals surface area contributed by atoms with Crippen molar-refractivity contribution >= 4 is 33.2 Å². The Bertz CT molecular complexity index is 397. The van der Waals surface area contributed by atoms with Crippen LogP contribution in [0.5, 0.6) is 0 Å². The lowest BCUT2D eigenvalue weighted by molar-refractivity contribution is 0.234. The van der Waals surface area contributed by atoms with Gasteiger partial charge in [0.2, 0.25) is 0 Å². The van der Waals surface area contributed by atoms with Crippen molar-refractivity contribution in [1.29, 1.82) is 0 Å². The van der Waals surface area contributed by atoms with Gasteiger partial charge in [-0.25, -0.2) is 0 Å². The molecule has 0 radical (unpaired) electrons. The molecule has 0 N–H and O–H groups in total. The number of nitrogens with zero attached hydrogens (tertiary/aromatic N) is 2. The SMILES string of the molecule is CC1CN(c2cc(Br)ccc2CCl)CCN1C. The topological polar surface area (TPSA) is 6.48 Å². The van der Waals surface area contributed by atoms with Crippen LogP contribution < -0.4 is 4.90 Å². The predicted octanol–water partition coefficient (Wildman–Crippen LogP) is 3.33. The van der Waals surface area contributed by atoms with Gasteiger partial charge in [-0.15, -0.1) is 11.6 Å². The Morgan fingerprint density at radius 3 is 2.82 bits per heavy atom. The van der Waals surface area contributed by atoms with Crippen LogP contribution in [0.1, 0.15) is 12.5 Å². The van der Waals surface area contributed by atoms with E-state index in [0.29, 0.717) is 11.9 Å². The summed E-state index contributed by atoms with van der Waals surface area (Å²) >= 11 is 9.56. The van der Waals surface area contributed by atoms with Crippen LogP contribution in [0, 0.1) is 0 Å². The Kier molecular flexibility index (Phi) is 4.34. The third-order valence-corrected chi connectivity index (χ3v) is 4.27. The lowest BCUT2D eigenvalue weighted by Gasteiger charge is -2.39. The first-order valence-electron chi connectivity index (χ1n) is 5.91. The van der Waals surface area contributed by atoms with Crippen molar-refractivity contribution in [3.05, 3.63) is 28.2 Å². The van der Waals surface area contributed by atoms with Gasteiger partial charge >= 0.3 is 0 Å². The molecule has 2 rings (SSSR count). The lowest BCUT2D eigenvalue weighted by atomic mass is 10.1. The minimum atomic E-state index is 0.573. The first kappa shape index (κ1) is 13.2. The molecule has 0 bridgehead atoms. The average molecular weight is 318 g/mol. The molecule has 1 aliphatic rings. The molecule has 1 aromatic carbocycles. The molecule has 1 saturated heterocycles. The maximum Gasteiger partial charge on any atom is 0.0494 e. The van der Waals surface area contributed by atoms with Gasteiger partial charge in [0, 0.05) is 41.7 Å². The van der Waals surface area contributed by atoms with E-state index >= 15 is 0 Å². The predicted molar refractivity (Wildman–Crippen MR) is 78.0 cm³/mol. The quantitative estimate of drug-likeness (QED) is 0.772. The third kappa shape index (κ3) is 2.95. The van der Waals surface area contributed by atoms with Gasteiger partial charge in [0.1, 0.15) is 0 Å². The molecule has 0 aliphatic carbocycles. The standard InChI is InChI=1S/C13H18BrClN2/c1-10-9-17(6-5-16(10)2)13-7-12(14)4-3-11(13)8-15/h3-4,7,10H,5-6,8-9H2,1-2H3. The Hall–Kier alpha value is -0.250. The third-order valence-electron chi connectivity index (χ3n) is 3.49. The van der Waals surface area contributed by atoms with Crippen molar-refractivity contribution in [1.82, 2.24) is 4.90 Å². The molecular weight excluding hydrogens is 300 g/mol. The molecule has 0 saturated carbocycles. The summed E-state index contributed by atoms with van der Waals surface area (Å²) in [5, 5.41) is 0. The molecule has 17 heavy (non-hydrogen) atoms. The van der Waals surface area contributed by atoms with Crippen LogP contribution in [0.3, 0.4) is 0 Å². The van der Waals surface area contributed by atoms with Gasteiger partial charge in [-0.1, -0.05) is 22.0 Å². The number of alkyl halides is 1. The molecule has 0 spiro atoms. The van der Waals surface area contributed by atoms with E-state index < -0.39 is 0 Å². The van der Waals surface area contributed by atoms with Crippen molar-refractivity contribution < 1.29 is 0 Å². The van der Waals surface area contributed by atoms with Crippen LogP contribution >= 0.6 is 27.5 Å². The number of likely N-dealkylation sites (N-methyl/N-ethyl adjacent to an activating group) is 1. The molecule has 1 aromatic rings. The zero-order valence-corrected chi connectivity index (χ0v) is 12.6. The first-order valence-corrected chi connectivity index (χ1v) is 7.24. The van der Waals surface area contributed by atoms with Gasteiger partial charge in [0.15, 0.2) is 0 Å². The first-order chi connectivity index (χ1) is 8.11. The van der Waals surface area contributed by atoms with Crippen LogP contribution in [-0.4, -0.2) is 37.6 Å². The summed E-state index contributed by atoms with van der Waals surface area (Å²) in [6.07, 6.45) is 0. The second-order valence-corrected chi connectivity index (χ2v) is 5.87. The second-order valence-electron chi connectivity index (χ2n) is 4.68. The van der Waals surface area contributed by atoms with Crippen LogP contribution in [0.2, 0.25) is 0 Å². The van der Waals surface area contributed by atoms with Crippen LogP contribution in [0.25, 0.3) is 0 Å². The summed E-state index contributed by atoms with van der Waals surface area (Å²) in [5.41, 5.74) is 2.49. The fraction of sp³-hybridized carbons (Fsp3) is 0.538. The Morgan fingerprint density at radius 1 is 1.41 bits per heavy atom. The van der Waals surface area contributed by atoms with Gasteiger partial charge in [0.25, 0.3) is 0 Å². The van der Waals surface area contributed by atoms with E-state index in [1.807, 2.05) is 0 Å². The molecule has 0 aromatic heterocycles. The van der Waals surface area contributed by atoms with Crippen molar-refractivity contribution in [2.24, 2.45) is 0 Å². The monoisotopic (exact) mass is 316 g/mol. The fourth-order valence-corrected chi connectivity index (χ4v) is 2.79. The second kappa shape index (κ2) is 5.59. The molecule has 1 fully saturated rings. The Labute approximate surface area is 117 Å². The van der Waals surface area contributed by atoms with Gasteiger partial charge in [-0.05, 0) is 31.7 Å². The van der Waals surface area contributed by atoms with Crippen LogP contribution in [0.4, 0.5) is 5.69 Å². The molecule has 0 amide bonds.